The van der Waals surface area contributed by atoms with E-state index in [1.54, 1.807) is 18.5 Å². The summed E-state index contributed by atoms with van der Waals surface area (Å²) in [5.74, 6) is -0.298. The molecule has 0 aliphatic heterocycles. The lowest BCUT2D eigenvalue weighted by Crippen LogP contribution is -2.28. The van der Waals surface area contributed by atoms with E-state index in [1.807, 2.05) is 38.1 Å². The zero-order chi connectivity index (χ0) is 16.4. The number of nitrogens with zero attached hydrogens (tertiary/aromatic N) is 3. The summed E-state index contributed by atoms with van der Waals surface area (Å²) in [6, 6.07) is 9.77. The van der Waals surface area contributed by atoms with Crippen LogP contribution in [0.25, 0.3) is 5.65 Å². The molecule has 0 saturated carbocycles. The van der Waals surface area contributed by atoms with Crippen LogP contribution >= 0.6 is 11.6 Å². The number of hydrogen-bond donors (Lipinski definition) is 1. The minimum Gasteiger partial charge on any atom is -0.344 e. The number of fused-ring (bicyclic) bond motifs is 1. The number of halogens is 1. The number of aromatic nitrogens is 3. The van der Waals surface area contributed by atoms with Crippen LogP contribution in [0.2, 0.25) is 5.02 Å². The van der Waals surface area contributed by atoms with Gasteiger partial charge in [0.25, 0.3) is 5.91 Å². The fourth-order valence-electron chi connectivity index (χ4n) is 2.45. The van der Waals surface area contributed by atoms with Crippen LogP contribution in [0, 0.1) is 6.92 Å². The molecule has 3 rings (SSSR count). The lowest BCUT2D eigenvalue weighted by atomic mass is 10.0. The van der Waals surface area contributed by atoms with Crippen molar-refractivity contribution in [1.29, 1.82) is 0 Å². The molecule has 118 valence electrons. The quantitative estimate of drug-likeness (QED) is 0.796. The fourth-order valence-corrected chi connectivity index (χ4v) is 2.71. The standard InChI is InChI=1S/C17H17ClN4O/c1-3-13(12-7-5-11(2)6-8-12)20-17(23)15-14(18)16-19-9-4-10-22(16)21-15/h4-10,13H,3H2,1-2H3,(H,20,23). The molecule has 23 heavy (non-hydrogen) atoms. The summed E-state index contributed by atoms with van der Waals surface area (Å²) in [7, 11) is 0. The summed E-state index contributed by atoms with van der Waals surface area (Å²) in [6.45, 7) is 4.06. The number of benzene rings is 1. The maximum atomic E-state index is 12.5. The SMILES string of the molecule is CCC(NC(=O)c1nn2cccnc2c1Cl)c1ccc(C)cc1. The van der Waals surface area contributed by atoms with E-state index in [-0.39, 0.29) is 22.7 Å². The highest BCUT2D eigenvalue weighted by Gasteiger charge is 2.21. The van der Waals surface area contributed by atoms with Crippen molar-refractivity contribution in [2.75, 3.05) is 0 Å². The van der Waals surface area contributed by atoms with Crippen LogP contribution < -0.4 is 5.32 Å². The maximum Gasteiger partial charge on any atom is 0.273 e. The first-order chi connectivity index (χ1) is 11.1. The second kappa shape index (κ2) is 6.38. The van der Waals surface area contributed by atoms with Crippen molar-refractivity contribution in [1.82, 2.24) is 19.9 Å². The Kier molecular flexibility index (Phi) is 4.30. The molecule has 5 nitrogen and oxygen atoms in total. The van der Waals surface area contributed by atoms with Gasteiger partial charge in [-0.2, -0.15) is 5.10 Å². The number of amides is 1. The summed E-state index contributed by atoms with van der Waals surface area (Å²) in [4.78, 5) is 16.7. The van der Waals surface area contributed by atoms with Crippen molar-refractivity contribution in [3.8, 4) is 0 Å². The van der Waals surface area contributed by atoms with Crippen molar-refractivity contribution in [3.63, 3.8) is 0 Å². The first-order valence-corrected chi connectivity index (χ1v) is 7.84. The molecule has 1 aromatic carbocycles. The second-order valence-corrected chi connectivity index (χ2v) is 5.77. The van der Waals surface area contributed by atoms with Crippen molar-refractivity contribution in [2.24, 2.45) is 0 Å². The van der Waals surface area contributed by atoms with Crippen LogP contribution in [0.3, 0.4) is 0 Å². The molecule has 1 amide bonds. The number of aryl methyl sites for hydroxylation is 1. The summed E-state index contributed by atoms with van der Waals surface area (Å²) in [6.07, 6.45) is 4.10. The minimum atomic E-state index is -0.298. The van der Waals surface area contributed by atoms with Crippen LogP contribution in [0.1, 0.15) is 41.0 Å². The molecule has 1 atom stereocenters. The Morgan fingerprint density at radius 2 is 2.09 bits per heavy atom. The molecule has 0 bridgehead atoms. The Labute approximate surface area is 139 Å². The largest absolute Gasteiger partial charge is 0.344 e. The molecule has 1 unspecified atom stereocenters. The van der Waals surface area contributed by atoms with Gasteiger partial charge in [-0.15, -0.1) is 0 Å². The third-order valence-electron chi connectivity index (χ3n) is 3.75. The second-order valence-electron chi connectivity index (χ2n) is 5.40. The molecular weight excluding hydrogens is 312 g/mol. The molecule has 1 N–H and O–H groups in total. The summed E-state index contributed by atoms with van der Waals surface area (Å²) in [5, 5.41) is 7.48. The topological polar surface area (TPSA) is 59.3 Å². The third kappa shape index (κ3) is 3.05. The smallest absolute Gasteiger partial charge is 0.273 e. The Hall–Kier alpha value is -2.40. The van der Waals surface area contributed by atoms with Gasteiger partial charge in [-0.3, -0.25) is 4.79 Å². The van der Waals surface area contributed by atoms with Crippen LogP contribution in [-0.2, 0) is 0 Å². The molecule has 0 radical (unpaired) electrons. The van der Waals surface area contributed by atoms with Crippen LogP contribution in [0.15, 0.2) is 42.7 Å². The predicted molar refractivity (Wildman–Crippen MR) is 89.7 cm³/mol. The van der Waals surface area contributed by atoms with E-state index in [2.05, 4.69) is 15.4 Å². The maximum absolute atomic E-state index is 12.5. The van der Waals surface area contributed by atoms with E-state index < -0.39 is 0 Å². The van der Waals surface area contributed by atoms with Gasteiger partial charge < -0.3 is 5.32 Å². The van der Waals surface area contributed by atoms with Gasteiger partial charge in [-0.25, -0.2) is 9.50 Å². The van der Waals surface area contributed by atoms with Gasteiger partial charge in [0, 0.05) is 12.4 Å². The van der Waals surface area contributed by atoms with Crippen LogP contribution in [-0.4, -0.2) is 20.5 Å². The molecule has 0 aliphatic rings. The van der Waals surface area contributed by atoms with Crippen molar-refractivity contribution in [3.05, 3.63) is 64.6 Å². The number of carbonyl (C=O) groups is 1. The Bertz CT molecular complexity index is 841. The molecular formula is C17H17ClN4O. The number of rotatable bonds is 4. The Morgan fingerprint density at radius 3 is 2.74 bits per heavy atom. The van der Waals surface area contributed by atoms with Crippen LogP contribution in [0.5, 0.6) is 0 Å². The first kappa shape index (κ1) is 15.5. The van der Waals surface area contributed by atoms with E-state index in [4.69, 9.17) is 11.6 Å². The van der Waals surface area contributed by atoms with E-state index in [0.717, 1.165) is 12.0 Å². The Morgan fingerprint density at radius 1 is 1.35 bits per heavy atom. The zero-order valence-corrected chi connectivity index (χ0v) is 13.7. The first-order valence-electron chi connectivity index (χ1n) is 7.46. The monoisotopic (exact) mass is 328 g/mol. The molecule has 3 aromatic rings. The molecule has 0 saturated heterocycles. The summed E-state index contributed by atoms with van der Waals surface area (Å²) < 4.78 is 1.50. The van der Waals surface area contributed by atoms with Gasteiger partial charge >= 0.3 is 0 Å². The number of nitrogens with one attached hydrogen (secondary N) is 1. The molecule has 0 fully saturated rings. The van der Waals surface area contributed by atoms with Gasteiger partial charge in [0.2, 0.25) is 0 Å². The van der Waals surface area contributed by atoms with Gasteiger partial charge in [0.15, 0.2) is 11.3 Å². The van der Waals surface area contributed by atoms with E-state index in [0.29, 0.717) is 5.65 Å². The average Bonchev–Trinajstić information content (AvgIpc) is 2.91. The Balaban J connectivity index is 1.86. The lowest BCUT2D eigenvalue weighted by molar-refractivity contribution is 0.0930. The predicted octanol–water partition coefficient (Wildman–Crippen LogP) is 3.57. The lowest BCUT2D eigenvalue weighted by Gasteiger charge is -2.17. The average molecular weight is 329 g/mol. The van der Waals surface area contributed by atoms with Gasteiger partial charge in [-0.05, 0) is 25.0 Å². The normalized spacial score (nSPS) is 12.3. The summed E-state index contributed by atoms with van der Waals surface area (Å²) in [5.41, 5.74) is 2.91. The molecule has 2 heterocycles. The van der Waals surface area contributed by atoms with Gasteiger partial charge in [0.05, 0.1) is 6.04 Å². The molecule has 0 spiro atoms. The van der Waals surface area contributed by atoms with E-state index in [1.165, 1.54) is 10.1 Å². The fraction of sp³-hybridized carbons (Fsp3) is 0.235. The molecule has 2 aromatic heterocycles. The minimum absolute atomic E-state index is 0.0862. The highest BCUT2D eigenvalue weighted by molar-refractivity contribution is 6.36. The number of hydrogen-bond acceptors (Lipinski definition) is 3. The van der Waals surface area contributed by atoms with Crippen LogP contribution in [0.4, 0.5) is 0 Å². The highest BCUT2D eigenvalue weighted by atomic mass is 35.5. The number of carbonyl (C=O) groups excluding carboxylic acids is 1. The van der Waals surface area contributed by atoms with Crippen molar-refractivity contribution >= 4 is 23.2 Å². The van der Waals surface area contributed by atoms with E-state index in [9.17, 15) is 4.79 Å². The van der Waals surface area contributed by atoms with Gasteiger partial charge in [0.1, 0.15) is 5.02 Å². The van der Waals surface area contributed by atoms with Crippen molar-refractivity contribution < 1.29 is 4.79 Å². The van der Waals surface area contributed by atoms with E-state index >= 15 is 0 Å². The van der Waals surface area contributed by atoms with Crippen molar-refractivity contribution in [2.45, 2.75) is 26.3 Å². The third-order valence-corrected chi connectivity index (χ3v) is 4.10. The van der Waals surface area contributed by atoms with Gasteiger partial charge in [-0.1, -0.05) is 48.4 Å². The molecule has 6 heteroatoms. The highest BCUT2D eigenvalue weighted by Crippen LogP contribution is 2.22. The zero-order valence-electron chi connectivity index (χ0n) is 13.0. The molecule has 0 aliphatic carbocycles. The summed E-state index contributed by atoms with van der Waals surface area (Å²) >= 11 is 6.24.